The molecule has 0 radical (unpaired) electrons. The van der Waals surface area contributed by atoms with Gasteiger partial charge in [-0.15, -0.1) is 10.2 Å². The first-order valence-electron chi connectivity index (χ1n) is 12.1. The zero-order chi connectivity index (χ0) is 21.8. The van der Waals surface area contributed by atoms with Crippen LogP contribution in [0.4, 0.5) is 5.95 Å². The minimum absolute atomic E-state index is 0.190. The van der Waals surface area contributed by atoms with Gasteiger partial charge in [0, 0.05) is 32.8 Å². The molecule has 3 saturated heterocycles. The number of hydrogen-bond acceptors (Lipinski definition) is 6. The van der Waals surface area contributed by atoms with Crippen molar-refractivity contribution in [3.63, 3.8) is 0 Å². The lowest BCUT2D eigenvalue weighted by Crippen LogP contribution is -2.38. The molecule has 32 heavy (non-hydrogen) atoms. The van der Waals surface area contributed by atoms with Crippen LogP contribution in [0, 0.1) is 0 Å². The summed E-state index contributed by atoms with van der Waals surface area (Å²) in [4.78, 5) is 18.0. The number of carbonyl (C=O) groups excluding carboxylic acids is 1. The third kappa shape index (κ3) is 4.81. The van der Waals surface area contributed by atoms with Crippen LogP contribution in [0.15, 0.2) is 35.5 Å². The van der Waals surface area contributed by atoms with Crippen LogP contribution in [0.25, 0.3) is 0 Å². The fourth-order valence-electron chi connectivity index (χ4n) is 4.95. The fraction of sp³-hybridized carbons (Fsp3) is 0.625. The summed E-state index contributed by atoms with van der Waals surface area (Å²) in [5.74, 6) is 1.12. The van der Waals surface area contributed by atoms with Gasteiger partial charge < -0.3 is 14.5 Å². The molecule has 1 aromatic heterocycles. The number of aromatic nitrogens is 3. The number of carbonyl (C=O) groups is 1. The van der Waals surface area contributed by atoms with E-state index in [-0.39, 0.29) is 17.3 Å². The first-order chi connectivity index (χ1) is 15.8. The van der Waals surface area contributed by atoms with Crippen LogP contribution >= 0.6 is 11.8 Å². The molecule has 8 heteroatoms. The lowest BCUT2D eigenvalue weighted by molar-refractivity contribution is -0.131. The Morgan fingerprint density at radius 2 is 1.75 bits per heavy atom. The fourth-order valence-corrected chi connectivity index (χ4v) is 6.07. The van der Waals surface area contributed by atoms with E-state index in [4.69, 9.17) is 4.74 Å². The van der Waals surface area contributed by atoms with Gasteiger partial charge in [0.05, 0.1) is 12.6 Å². The summed E-state index contributed by atoms with van der Waals surface area (Å²) in [6.45, 7) is 5.32. The van der Waals surface area contributed by atoms with Gasteiger partial charge in [0.15, 0.2) is 5.16 Å². The molecule has 4 heterocycles. The van der Waals surface area contributed by atoms with Crippen LogP contribution in [0.2, 0.25) is 0 Å². The van der Waals surface area contributed by atoms with Gasteiger partial charge in [0.25, 0.3) is 0 Å². The SMILES string of the molecule is O=C([C@@H](Sc1nnc(N2CCCC2)n1C[C@@H]1CCCO1)c1ccccc1)N1CCCCC1. The summed E-state index contributed by atoms with van der Waals surface area (Å²) >= 11 is 1.55. The third-order valence-electron chi connectivity index (χ3n) is 6.71. The van der Waals surface area contributed by atoms with Gasteiger partial charge in [-0.3, -0.25) is 9.36 Å². The molecule has 2 aromatic rings. The van der Waals surface area contributed by atoms with E-state index in [1.165, 1.54) is 19.3 Å². The Kier molecular flexibility index (Phi) is 6.97. The standard InChI is InChI=1S/C24H33N5O2S/c30-22(27-13-5-2-6-14-27)21(19-10-3-1-4-11-19)32-24-26-25-23(28-15-7-8-16-28)29(24)18-20-12-9-17-31-20/h1,3-4,10-11,20-21H,2,5-9,12-18H2/t20-,21-/m0/s1. The van der Waals surface area contributed by atoms with Crippen LogP contribution in [0.5, 0.6) is 0 Å². The quantitative estimate of drug-likeness (QED) is 0.590. The normalized spacial score (nSPS) is 22.4. The average molecular weight is 456 g/mol. The molecule has 7 nitrogen and oxygen atoms in total. The maximum Gasteiger partial charge on any atom is 0.240 e. The molecule has 3 aliphatic rings. The van der Waals surface area contributed by atoms with Gasteiger partial charge >= 0.3 is 0 Å². The highest BCUT2D eigenvalue weighted by atomic mass is 32.2. The molecule has 3 aliphatic heterocycles. The molecule has 3 fully saturated rings. The second kappa shape index (κ2) is 10.3. The first-order valence-corrected chi connectivity index (χ1v) is 13.0. The van der Waals surface area contributed by atoms with Crippen molar-refractivity contribution >= 4 is 23.6 Å². The molecule has 2 atom stereocenters. The van der Waals surface area contributed by atoms with Crippen LogP contribution in [-0.4, -0.2) is 64.5 Å². The molecule has 1 amide bonds. The van der Waals surface area contributed by atoms with Gasteiger partial charge in [-0.2, -0.15) is 0 Å². The minimum atomic E-state index is -0.312. The van der Waals surface area contributed by atoms with E-state index in [1.54, 1.807) is 11.8 Å². The summed E-state index contributed by atoms with van der Waals surface area (Å²) < 4.78 is 8.17. The van der Waals surface area contributed by atoms with Crippen molar-refractivity contribution in [2.45, 2.75) is 68.0 Å². The highest BCUT2D eigenvalue weighted by Crippen LogP contribution is 2.38. The highest BCUT2D eigenvalue weighted by Gasteiger charge is 2.32. The van der Waals surface area contributed by atoms with E-state index in [0.717, 1.165) is 81.7 Å². The number of anilines is 1. The van der Waals surface area contributed by atoms with Gasteiger partial charge in [-0.1, -0.05) is 42.1 Å². The highest BCUT2D eigenvalue weighted by molar-refractivity contribution is 8.00. The summed E-state index contributed by atoms with van der Waals surface area (Å²) in [5, 5.41) is 9.71. The predicted molar refractivity (Wildman–Crippen MR) is 126 cm³/mol. The number of nitrogens with zero attached hydrogens (tertiary/aromatic N) is 5. The Morgan fingerprint density at radius 1 is 1.00 bits per heavy atom. The van der Waals surface area contributed by atoms with Crippen molar-refractivity contribution in [3.05, 3.63) is 35.9 Å². The van der Waals surface area contributed by atoms with Crippen molar-refractivity contribution in [3.8, 4) is 0 Å². The Labute approximate surface area is 194 Å². The molecule has 5 rings (SSSR count). The smallest absolute Gasteiger partial charge is 0.240 e. The molecule has 0 unspecified atom stereocenters. The van der Waals surface area contributed by atoms with Crippen LogP contribution < -0.4 is 4.90 Å². The predicted octanol–water partition coefficient (Wildman–Crippen LogP) is 3.90. The topological polar surface area (TPSA) is 63.5 Å². The molecule has 0 spiro atoms. The molecule has 0 aliphatic carbocycles. The van der Waals surface area contributed by atoms with Crippen LogP contribution in [0.1, 0.15) is 55.8 Å². The monoisotopic (exact) mass is 455 g/mol. The van der Waals surface area contributed by atoms with E-state index in [2.05, 4.69) is 31.8 Å². The summed E-state index contributed by atoms with van der Waals surface area (Å²) in [7, 11) is 0. The van der Waals surface area contributed by atoms with Gasteiger partial charge in [0.2, 0.25) is 11.9 Å². The van der Waals surface area contributed by atoms with Crippen molar-refractivity contribution in [1.29, 1.82) is 0 Å². The number of amides is 1. The Bertz CT molecular complexity index is 887. The van der Waals surface area contributed by atoms with Gasteiger partial charge in [-0.05, 0) is 50.5 Å². The van der Waals surface area contributed by atoms with E-state index in [0.29, 0.717) is 0 Å². The lowest BCUT2D eigenvalue weighted by Gasteiger charge is -2.30. The van der Waals surface area contributed by atoms with Crippen molar-refractivity contribution in [1.82, 2.24) is 19.7 Å². The van der Waals surface area contributed by atoms with Crippen molar-refractivity contribution < 1.29 is 9.53 Å². The molecule has 0 N–H and O–H groups in total. The van der Waals surface area contributed by atoms with Crippen LogP contribution in [-0.2, 0) is 16.1 Å². The number of hydrogen-bond donors (Lipinski definition) is 0. The zero-order valence-corrected chi connectivity index (χ0v) is 19.5. The Morgan fingerprint density at radius 3 is 2.47 bits per heavy atom. The number of thioether (sulfide) groups is 1. The molecular formula is C24H33N5O2S. The van der Waals surface area contributed by atoms with Crippen molar-refractivity contribution in [2.24, 2.45) is 0 Å². The minimum Gasteiger partial charge on any atom is -0.376 e. The second-order valence-corrected chi connectivity index (χ2v) is 10.1. The average Bonchev–Trinajstić information content (AvgIpc) is 3.62. The Balaban J connectivity index is 1.44. The number of likely N-dealkylation sites (tertiary alicyclic amines) is 1. The molecule has 172 valence electrons. The van der Waals surface area contributed by atoms with Gasteiger partial charge in [0.1, 0.15) is 5.25 Å². The number of rotatable bonds is 7. The van der Waals surface area contributed by atoms with E-state index < -0.39 is 0 Å². The number of piperidine rings is 1. The Hall–Kier alpha value is -2.06. The second-order valence-electron chi connectivity index (χ2n) is 9.02. The number of benzene rings is 1. The zero-order valence-electron chi connectivity index (χ0n) is 18.7. The molecule has 1 aromatic carbocycles. The summed E-state index contributed by atoms with van der Waals surface area (Å²) in [6.07, 6.45) is 8.13. The van der Waals surface area contributed by atoms with E-state index in [1.807, 2.05) is 23.1 Å². The largest absolute Gasteiger partial charge is 0.376 e. The maximum absolute atomic E-state index is 13.6. The lowest BCUT2D eigenvalue weighted by atomic mass is 10.1. The van der Waals surface area contributed by atoms with E-state index in [9.17, 15) is 4.79 Å². The molecule has 0 saturated carbocycles. The first kappa shape index (κ1) is 21.8. The maximum atomic E-state index is 13.6. The third-order valence-corrected chi connectivity index (χ3v) is 7.94. The molecular weight excluding hydrogens is 422 g/mol. The summed E-state index contributed by atoms with van der Waals surface area (Å²) in [6, 6.07) is 10.1. The van der Waals surface area contributed by atoms with Gasteiger partial charge in [-0.25, -0.2) is 0 Å². The number of ether oxygens (including phenoxy) is 1. The molecule has 0 bridgehead atoms. The van der Waals surface area contributed by atoms with Crippen molar-refractivity contribution in [2.75, 3.05) is 37.7 Å². The summed E-state index contributed by atoms with van der Waals surface area (Å²) in [5.41, 5.74) is 1.03. The van der Waals surface area contributed by atoms with E-state index >= 15 is 0 Å². The van der Waals surface area contributed by atoms with Crippen LogP contribution in [0.3, 0.4) is 0 Å².